The molecule has 0 aliphatic rings. The maximum Gasteiger partial charge on any atom is 0.292 e. The molecule has 0 bridgehead atoms. The van der Waals surface area contributed by atoms with Gasteiger partial charge in [0.05, 0.1) is 18.3 Å². The predicted molar refractivity (Wildman–Crippen MR) is 113 cm³/mol. The summed E-state index contributed by atoms with van der Waals surface area (Å²) in [6.45, 7) is 6.68. The fourth-order valence-corrected chi connectivity index (χ4v) is 3.02. The van der Waals surface area contributed by atoms with E-state index < -0.39 is 5.91 Å². The third-order valence-corrected chi connectivity index (χ3v) is 4.58. The molecule has 0 aliphatic carbocycles. The molecule has 0 radical (unpaired) electrons. The van der Waals surface area contributed by atoms with Crippen molar-refractivity contribution in [2.75, 3.05) is 19.0 Å². The van der Waals surface area contributed by atoms with Crippen LogP contribution < -0.4 is 15.4 Å². The van der Waals surface area contributed by atoms with Gasteiger partial charge in [0.1, 0.15) is 5.75 Å². The molecule has 2 aromatic heterocycles. The Balaban J connectivity index is 1.91. The van der Waals surface area contributed by atoms with Crippen LogP contribution in [0.15, 0.2) is 42.6 Å². The molecule has 0 fully saturated rings. The van der Waals surface area contributed by atoms with Crippen LogP contribution in [0.1, 0.15) is 46.9 Å². The Bertz CT molecular complexity index is 1040. The summed E-state index contributed by atoms with van der Waals surface area (Å²) in [6, 6.07) is 10.9. The Kier molecular flexibility index (Phi) is 6.16. The second kappa shape index (κ2) is 8.77. The molecule has 3 aromatic rings. The van der Waals surface area contributed by atoms with E-state index in [9.17, 15) is 9.59 Å². The van der Waals surface area contributed by atoms with Crippen LogP contribution >= 0.6 is 0 Å². The van der Waals surface area contributed by atoms with Crippen LogP contribution in [0.3, 0.4) is 0 Å². The Morgan fingerprint density at radius 2 is 1.97 bits per heavy atom. The van der Waals surface area contributed by atoms with Crippen molar-refractivity contribution in [3.63, 3.8) is 0 Å². The van der Waals surface area contributed by atoms with E-state index in [0.717, 1.165) is 12.0 Å². The molecule has 0 atom stereocenters. The number of carbonyl (C=O) groups is 2. The van der Waals surface area contributed by atoms with Gasteiger partial charge < -0.3 is 15.4 Å². The van der Waals surface area contributed by atoms with Crippen molar-refractivity contribution in [3.05, 3.63) is 59.7 Å². The molecule has 0 aliphatic heterocycles. The lowest BCUT2D eigenvalue weighted by atomic mass is 10.1. The van der Waals surface area contributed by atoms with E-state index in [1.165, 1.54) is 0 Å². The number of nitrogens with zero attached hydrogens (tertiary/aromatic N) is 2. The monoisotopic (exact) mass is 394 g/mol. The first-order chi connectivity index (χ1) is 13.9. The fourth-order valence-electron chi connectivity index (χ4n) is 3.02. The number of aromatic nitrogens is 2. The van der Waals surface area contributed by atoms with Crippen molar-refractivity contribution in [1.29, 1.82) is 0 Å². The highest BCUT2D eigenvalue weighted by molar-refractivity contribution is 6.06. The van der Waals surface area contributed by atoms with Crippen LogP contribution in [-0.4, -0.2) is 34.9 Å². The second-order valence-corrected chi connectivity index (χ2v) is 7.34. The number of benzene rings is 1. The first kappa shape index (κ1) is 20.4. The van der Waals surface area contributed by atoms with Crippen molar-refractivity contribution in [1.82, 2.24) is 14.7 Å². The van der Waals surface area contributed by atoms with Crippen molar-refractivity contribution >= 4 is 23.0 Å². The van der Waals surface area contributed by atoms with Crippen LogP contribution in [-0.2, 0) is 0 Å². The maximum atomic E-state index is 13.0. The van der Waals surface area contributed by atoms with Gasteiger partial charge in [-0.15, -0.1) is 0 Å². The quantitative estimate of drug-likeness (QED) is 0.640. The topological polar surface area (TPSA) is 84.7 Å². The molecule has 2 N–H and O–H groups in total. The molecule has 152 valence electrons. The van der Waals surface area contributed by atoms with E-state index in [4.69, 9.17) is 4.74 Å². The van der Waals surface area contributed by atoms with Crippen LogP contribution in [0.4, 0.5) is 5.69 Å². The van der Waals surface area contributed by atoms with Crippen LogP contribution in [0.25, 0.3) is 5.52 Å². The highest BCUT2D eigenvalue weighted by atomic mass is 16.5. The first-order valence-corrected chi connectivity index (χ1v) is 9.62. The zero-order valence-corrected chi connectivity index (χ0v) is 17.2. The molecule has 0 unspecified atom stereocenters. The number of hydrogen-bond donors (Lipinski definition) is 2. The zero-order chi connectivity index (χ0) is 21.0. The molecular weight excluding hydrogens is 368 g/mol. The van der Waals surface area contributed by atoms with E-state index in [-0.39, 0.29) is 17.4 Å². The summed E-state index contributed by atoms with van der Waals surface area (Å²) in [5, 5.41) is 5.73. The number of rotatable bonds is 7. The molecule has 2 heterocycles. The first-order valence-electron chi connectivity index (χ1n) is 9.62. The summed E-state index contributed by atoms with van der Waals surface area (Å²) >= 11 is 0. The van der Waals surface area contributed by atoms with Gasteiger partial charge in [-0.1, -0.05) is 26.0 Å². The molecule has 7 heteroatoms. The van der Waals surface area contributed by atoms with Crippen molar-refractivity contribution < 1.29 is 14.3 Å². The highest BCUT2D eigenvalue weighted by Gasteiger charge is 2.22. The molecule has 0 saturated heterocycles. The van der Waals surface area contributed by atoms with Gasteiger partial charge in [0, 0.05) is 12.7 Å². The molecule has 0 saturated carbocycles. The standard InChI is InChI=1S/C22H26N4O3/c1-14(2)10-11-23-21(27)19-17-7-5-6-12-26(17)20(25-19)22(28)24-16-13-15(3)8-9-18(16)29-4/h5-9,12-14H,10-11H2,1-4H3,(H,23,27)(H,24,28). The molecule has 7 nitrogen and oxygen atoms in total. The summed E-state index contributed by atoms with van der Waals surface area (Å²) in [4.78, 5) is 30.0. The lowest BCUT2D eigenvalue weighted by Gasteiger charge is -2.10. The minimum absolute atomic E-state index is 0.137. The summed E-state index contributed by atoms with van der Waals surface area (Å²) in [5.74, 6) is 0.465. The Labute approximate surface area is 170 Å². The van der Waals surface area contributed by atoms with Crippen LogP contribution in [0.2, 0.25) is 0 Å². The average Bonchev–Trinajstić information content (AvgIpc) is 3.08. The lowest BCUT2D eigenvalue weighted by molar-refractivity contribution is 0.0949. The number of amides is 2. The fraction of sp³-hybridized carbons (Fsp3) is 0.318. The van der Waals surface area contributed by atoms with Crippen LogP contribution in [0, 0.1) is 12.8 Å². The highest BCUT2D eigenvalue weighted by Crippen LogP contribution is 2.26. The number of fused-ring (bicyclic) bond motifs is 1. The third-order valence-electron chi connectivity index (χ3n) is 4.58. The molecule has 3 rings (SSSR count). The average molecular weight is 394 g/mol. The number of methoxy groups -OCH3 is 1. The van der Waals surface area contributed by atoms with E-state index in [2.05, 4.69) is 29.5 Å². The number of pyridine rings is 1. The smallest absolute Gasteiger partial charge is 0.292 e. The Morgan fingerprint density at radius 3 is 2.69 bits per heavy atom. The van der Waals surface area contributed by atoms with Gasteiger partial charge in [-0.05, 0) is 49.1 Å². The summed E-state index contributed by atoms with van der Waals surface area (Å²) in [5.41, 5.74) is 2.35. The SMILES string of the molecule is COc1ccc(C)cc1NC(=O)c1nc(C(=O)NCCC(C)C)c2ccccn12. The van der Waals surface area contributed by atoms with E-state index in [1.54, 1.807) is 35.9 Å². The van der Waals surface area contributed by atoms with Gasteiger partial charge >= 0.3 is 0 Å². The van der Waals surface area contributed by atoms with Crippen molar-refractivity contribution in [3.8, 4) is 5.75 Å². The van der Waals surface area contributed by atoms with E-state index in [0.29, 0.717) is 29.4 Å². The molecule has 2 amide bonds. The summed E-state index contributed by atoms with van der Waals surface area (Å²) in [7, 11) is 1.55. The van der Waals surface area contributed by atoms with Gasteiger partial charge in [-0.3, -0.25) is 14.0 Å². The molecule has 29 heavy (non-hydrogen) atoms. The molecule has 1 aromatic carbocycles. The van der Waals surface area contributed by atoms with Gasteiger partial charge in [-0.25, -0.2) is 4.98 Å². The van der Waals surface area contributed by atoms with Crippen LogP contribution in [0.5, 0.6) is 5.75 Å². The second-order valence-electron chi connectivity index (χ2n) is 7.34. The summed E-state index contributed by atoms with van der Waals surface area (Å²) in [6.07, 6.45) is 2.59. The lowest BCUT2D eigenvalue weighted by Crippen LogP contribution is -2.26. The number of imidazole rings is 1. The Hall–Kier alpha value is -3.35. The number of anilines is 1. The number of carbonyl (C=O) groups excluding carboxylic acids is 2. The van der Waals surface area contributed by atoms with Gasteiger partial charge in [-0.2, -0.15) is 0 Å². The normalized spacial score (nSPS) is 10.9. The van der Waals surface area contributed by atoms with Gasteiger partial charge in [0.25, 0.3) is 11.8 Å². The number of nitrogens with one attached hydrogen (secondary N) is 2. The zero-order valence-electron chi connectivity index (χ0n) is 17.2. The number of hydrogen-bond acceptors (Lipinski definition) is 4. The van der Waals surface area contributed by atoms with E-state index >= 15 is 0 Å². The third kappa shape index (κ3) is 4.56. The van der Waals surface area contributed by atoms with Crippen molar-refractivity contribution in [2.24, 2.45) is 5.92 Å². The summed E-state index contributed by atoms with van der Waals surface area (Å²) < 4.78 is 6.95. The molecule has 0 spiro atoms. The van der Waals surface area contributed by atoms with Gasteiger partial charge in [0.2, 0.25) is 5.82 Å². The predicted octanol–water partition coefficient (Wildman–Crippen LogP) is 3.68. The number of ether oxygens (including phenoxy) is 1. The van der Waals surface area contributed by atoms with Crippen molar-refractivity contribution in [2.45, 2.75) is 27.2 Å². The largest absolute Gasteiger partial charge is 0.495 e. The minimum atomic E-state index is -0.420. The molecular formula is C22H26N4O3. The van der Waals surface area contributed by atoms with Gasteiger partial charge in [0.15, 0.2) is 5.69 Å². The Morgan fingerprint density at radius 1 is 1.17 bits per heavy atom. The minimum Gasteiger partial charge on any atom is -0.495 e. The van der Waals surface area contributed by atoms with E-state index in [1.807, 2.05) is 25.1 Å². The number of aryl methyl sites for hydroxylation is 1. The maximum absolute atomic E-state index is 13.0.